The number of nitro groups is 1. The largest absolute Gasteiger partial charge is 0.454 e. The van der Waals surface area contributed by atoms with E-state index in [1.54, 1.807) is 6.92 Å². The third-order valence-corrected chi connectivity index (χ3v) is 6.65. The minimum atomic E-state index is -4.78. The number of nitrogens with one attached hydrogen (secondary N) is 1. The molecular formula is C18H22F3N3O7S. The molecule has 10 nitrogen and oxygen atoms in total. The van der Waals surface area contributed by atoms with Crippen LogP contribution in [0.25, 0.3) is 0 Å². The first kappa shape index (κ1) is 25.4. The molecule has 0 aromatic heterocycles. The van der Waals surface area contributed by atoms with Crippen molar-refractivity contribution < 1.29 is 40.8 Å². The number of benzene rings is 1. The molecule has 0 saturated carbocycles. The average molecular weight is 481 g/mol. The van der Waals surface area contributed by atoms with Crippen LogP contribution in [0.5, 0.6) is 0 Å². The van der Waals surface area contributed by atoms with E-state index in [-0.39, 0.29) is 30.2 Å². The van der Waals surface area contributed by atoms with Gasteiger partial charge in [0.05, 0.1) is 22.0 Å². The maximum Gasteiger partial charge on any atom is 0.416 e. The number of alkyl halides is 3. The van der Waals surface area contributed by atoms with Gasteiger partial charge in [-0.3, -0.25) is 14.9 Å². The summed E-state index contributed by atoms with van der Waals surface area (Å²) in [5.74, 6) is -1.78. The molecule has 1 N–H and O–H groups in total. The molecule has 1 aromatic rings. The summed E-state index contributed by atoms with van der Waals surface area (Å²) in [5.41, 5.74) is -2.43. The van der Waals surface area contributed by atoms with Gasteiger partial charge in [-0.1, -0.05) is 0 Å². The molecule has 178 valence electrons. The average Bonchev–Trinajstić information content (AvgIpc) is 3.05. The molecule has 1 saturated heterocycles. The van der Waals surface area contributed by atoms with Crippen molar-refractivity contribution in [2.24, 2.45) is 0 Å². The Bertz CT molecular complexity index is 998. The van der Waals surface area contributed by atoms with Crippen LogP contribution >= 0.6 is 0 Å². The highest BCUT2D eigenvalue weighted by atomic mass is 32.2. The van der Waals surface area contributed by atoms with Crippen molar-refractivity contribution in [2.45, 2.75) is 38.5 Å². The predicted octanol–water partition coefficient (Wildman–Crippen LogP) is 1.99. The molecule has 1 aliphatic rings. The summed E-state index contributed by atoms with van der Waals surface area (Å²) in [6.07, 6.45) is -4.50. The third kappa shape index (κ3) is 6.31. The second-order valence-electron chi connectivity index (χ2n) is 7.20. The highest BCUT2D eigenvalue weighted by Gasteiger charge is 2.35. The van der Waals surface area contributed by atoms with E-state index in [4.69, 9.17) is 4.74 Å². The molecule has 0 bridgehead atoms. The Morgan fingerprint density at radius 2 is 2.03 bits per heavy atom. The molecule has 32 heavy (non-hydrogen) atoms. The Morgan fingerprint density at radius 1 is 1.38 bits per heavy atom. The van der Waals surface area contributed by atoms with Crippen molar-refractivity contribution in [3.05, 3.63) is 33.9 Å². The summed E-state index contributed by atoms with van der Waals surface area (Å²) in [6, 6.07) is 0.0707. The van der Waals surface area contributed by atoms with Gasteiger partial charge in [0.1, 0.15) is 11.7 Å². The van der Waals surface area contributed by atoms with Crippen molar-refractivity contribution in [3.8, 4) is 0 Å². The Kier molecular flexibility index (Phi) is 7.70. The van der Waals surface area contributed by atoms with Crippen LogP contribution in [0.1, 0.15) is 25.8 Å². The van der Waals surface area contributed by atoms with Crippen molar-refractivity contribution in [1.29, 1.82) is 0 Å². The number of halogens is 3. The number of nitrogens with zero attached hydrogens (tertiary/aromatic N) is 2. The van der Waals surface area contributed by atoms with Crippen LogP contribution in [0.3, 0.4) is 0 Å². The summed E-state index contributed by atoms with van der Waals surface area (Å²) in [7, 11) is -3.22. The second-order valence-corrected chi connectivity index (χ2v) is 9.43. The zero-order valence-electron chi connectivity index (χ0n) is 17.2. The number of amides is 1. The standard InChI is InChI=1S/C18H22F3N3O7S/c1-3-23(13-6-7-32(29,30)10-13)16(25)9-31-17(26)11(2)22-14-5-4-12(18(19,20)21)8-15(14)24(27)28/h4-5,8,11,13,22H,3,6-7,9-10H2,1-2H3. The van der Waals surface area contributed by atoms with Gasteiger partial charge in [-0.15, -0.1) is 0 Å². The number of carbonyl (C=O) groups is 2. The van der Waals surface area contributed by atoms with E-state index >= 15 is 0 Å². The van der Waals surface area contributed by atoms with Gasteiger partial charge in [0.15, 0.2) is 16.4 Å². The third-order valence-electron chi connectivity index (χ3n) is 4.90. The molecule has 2 unspecified atom stereocenters. The molecule has 1 aliphatic heterocycles. The van der Waals surface area contributed by atoms with E-state index in [1.165, 1.54) is 11.8 Å². The predicted molar refractivity (Wildman–Crippen MR) is 107 cm³/mol. The minimum Gasteiger partial charge on any atom is -0.454 e. The molecule has 1 aromatic carbocycles. The highest BCUT2D eigenvalue weighted by Crippen LogP contribution is 2.35. The SMILES string of the molecule is CCN(C(=O)COC(=O)C(C)Nc1ccc(C(F)(F)F)cc1[N+](=O)[O-])C1CCS(=O)(=O)C1. The van der Waals surface area contributed by atoms with E-state index in [9.17, 15) is 41.3 Å². The van der Waals surface area contributed by atoms with Crippen LogP contribution in [0.2, 0.25) is 0 Å². The van der Waals surface area contributed by atoms with Crippen LogP contribution in [-0.2, 0) is 30.3 Å². The summed E-state index contributed by atoms with van der Waals surface area (Å²) in [6.45, 7) is 2.44. The maximum absolute atomic E-state index is 12.8. The first-order chi connectivity index (χ1) is 14.7. The smallest absolute Gasteiger partial charge is 0.416 e. The molecule has 0 spiro atoms. The van der Waals surface area contributed by atoms with Gasteiger partial charge in [-0.05, 0) is 32.4 Å². The molecule has 2 atom stereocenters. The van der Waals surface area contributed by atoms with Gasteiger partial charge in [-0.2, -0.15) is 13.2 Å². The fraction of sp³-hybridized carbons (Fsp3) is 0.556. The van der Waals surface area contributed by atoms with Crippen molar-refractivity contribution in [3.63, 3.8) is 0 Å². The number of likely N-dealkylation sites (N-methyl/N-ethyl adjacent to an activating group) is 1. The Hall–Kier alpha value is -2.90. The van der Waals surface area contributed by atoms with E-state index in [1.807, 2.05) is 0 Å². The lowest BCUT2D eigenvalue weighted by Crippen LogP contribution is -2.43. The van der Waals surface area contributed by atoms with Gasteiger partial charge in [-0.25, -0.2) is 13.2 Å². The molecule has 0 radical (unpaired) electrons. The number of sulfone groups is 1. The zero-order valence-corrected chi connectivity index (χ0v) is 18.0. The quantitative estimate of drug-likeness (QED) is 0.338. The summed E-state index contributed by atoms with van der Waals surface area (Å²) in [4.78, 5) is 36.0. The van der Waals surface area contributed by atoms with Crippen LogP contribution in [0.4, 0.5) is 24.5 Å². The van der Waals surface area contributed by atoms with E-state index < -0.39 is 62.8 Å². The maximum atomic E-state index is 12.8. The lowest BCUT2D eigenvalue weighted by molar-refractivity contribution is -0.384. The van der Waals surface area contributed by atoms with Gasteiger partial charge >= 0.3 is 12.1 Å². The molecule has 0 aliphatic carbocycles. The highest BCUT2D eigenvalue weighted by molar-refractivity contribution is 7.91. The molecule has 14 heteroatoms. The van der Waals surface area contributed by atoms with Crippen molar-refractivity contribution in [2.75, 3.05) is 30.0 Å². The Labute approximate surface area is 181 Å². The van der Waals surface area contributed by atoms with Gasteiger partial charge in [0.2, 0.25) is 0 Å². The summed E-state index contributed by atoms with van der Waals surface area (Å²) < 4.78 is 66.5. The zero-order chi connectivity index (χ0) is 24.3. The van der Waals surface area contributed by atoms with Gasteiger partial charge in [0, 0.05) is 18.7 Å². The first-order valence-electron chi connectivity index (χ1n) is 9.54. The monoisotopic (exact) mass is 481 g/mol. The summed E-state index contributed by atoms with van der Waals surface area (Å²) >= 11 is 0. The molecule has 1 amide bonds. The van der Waals surface area contributed by atoms with Crippen LogP contribution in [0.15, 0.2) is 18.2 Å². The number of nitro benzene ring substituents is 1. The van der Waals surface area contributed by atoms with Crippen LogP contribution in [-0.4, -0.2) is 66.9 Å². The number of anilines is 1. The Balaban J connectivity index is 2.01. The normalized spacial score (nSPS) is 18.6. The Morgan fingerprint density at radius 3 is 2.53 bits per heavy atom. The van der Waals surface area contributed by atoms with Crippen LogP contribution in [0, 0.1) is 10.1 Å². The first-order valence-corrected chi connectivity index (χ1v) is 11.4. The van der Waals surface area contributed by atoms with Crippen molar-refractivity contribution >= 4 is 33.1 Å². The minimum absolute atomic E-state index is 0.0336. The summed E-state index contributed by atoms with van der Waals surface area (Å²) in [5, 5.41) is 13.6. The van der Waals surface area contributed by atoms with Gasteiger partial charge < -0.3 is 15.0 Å². The van der Waals surface area contributed by atoms with E-state index in [2.05, 4.69) is 5.32 Å². The number of carbonyl (C=O) groups excluding carboxylic acids is 2. The second kappa shape index (κ2) is 9.71. The number of hydrogen-bond donors (Lipinski definition) is 1. The number of esters is 1. The molecule has 1 heterocycles. The molecular weight excluding hydrogens is 459 g/mol. The number of ether oxygens (including phenoxy) is 1. The van der Waals surface area contributed by atoms with Crippen molar-refractivity contribution in [1.82, 2.24) is 4.90 Å². The van der Waals surface area contributed by atoms with E-state index in [0.29, 0.717) is 12.1 Å². The van der Waals surface area contributed by atoms with E-state index in [0.717, 1.165) is 6.07 Å². The number of rotatable bonds is 8. The fourth-order valence-corrected chi connectivity index (χ4v) is 5.00. The molecule has 2 rings (SSSR count). The van der Waals surface area contributed by atoms with Gasteiger partial charge in [0.25, 0.3) is 11.6 Å². The molecule has 1 fully saturated rings. The lowest BCUT2D eigenvalue weighted by Gasteiger charge is -2.26. The van der Waals surface area contributed by atoms with Crippen LogP contribution < -0.4 is 5.32 Å². The fourth-order valence-electron chi connectivity index (χ4n) is 3.27. The topological polar surface area (TPSA) is 136 Å². The lowest BCUT2D eigenvalue weighted by atomic mass is 10.1. The number of hydrogen-bond acceptors (Lipinski definition) is 8.